The number of nitrogens with two attached hydrogens (primary N) is 1. The highest BCUT2D eigenvalue weighted by atomic mass is 16.5. The van der Waals surface area contributed by atoms with Crippen LogP contribution in [-0.4, -0.2) is 47.4 Å². The Morgan fingerprint density at radius 2 is 2.08 bits per heavy atom. The lowest BCUT2D eigenvalue weighted by molar-refractivity contribution is 0.144. The van der Waals surface area contributed by atoms with Gasteiger partial charge in [0.25, 0.3) is 0 Å². The van der Waals surface area contributed by atoms with Crippen LogP contribution in [0.4, 0.5) is 9.59 Å². The van der Waals surface area contributed by atoms with Crippen molar-refractivity contribution in [2.24, 2.45) is 10.7 Å². The van der Waals surface area contributed by atoms with Crippen molar-refractivity contribution < 1.29 is 14.3 Å². The molecule has 130 valence electrons. The largest absolute Gasteiger partial charge is 0.487 e. The summed E-state index contributed by atoms with van der Waals surface area (Å²) in [5, 5.41) is 2.54. The SMILES string of the molecule is C=C(COc1ccccc1)/N=C1/NC(=O)N(C(=O)N2CCC2)/C1=C/N. The molecule has 2 fully saturated rings. The van der Waals surface area contributed by atoms with Crippen molar-refractivity contribution in [3.05, 3.63) is 54.5 Å². The van der Waals surface area contributed by atoms with Crippen LogP contribution in [0.1, 0.15) is 6.42 Å². The van der Waals surface area contributed by atoms with Gasteiger partial charge in [0.15, 0.2) is 5.84 Å². The highest BCUT2D eigenvalue weighted by molar-refractivity contribution is 6.20. The maximum absolute atomic E-state index is 12.3. The van der Waals surface area contributed by atoms with Gasteiger partial charge in [0.2, 0.25) is 0 Å². The lowest BCUT2D eigenvalue weighted by atomic mass is 10.2. The van der Waals surface area contributed by atoms with Crippen LogP contribution in [0.2, 0.25) is 0 Å². The Morgan fingerprint density at radius 1 is 1.36 bits per heavy atom. The number of hydrogen-bond acceptors (Lipinski definition) is 5. The molecule has 2 aliphatic rings. The molecule has 0 spiro atoms. The lowest BCUT2D eigenvalue weighted by Gasteiger charge is -2.33. The molecular weight excluding hydrogens is 322 g/mol. The van der Waals surface area contributed by atoms with Gasteiger partial charge in [-0.3, -0.25) is 5.32 Å². The van der Waals surface area contributed by atoms with Gasteiger partial charge in [-0.25, -0.2) is 19.5 Å². The number of amidine groups is 1. The second kappa shape index (κ2) is 7.08. The topological polar surface area (TPSA) is 100 Å². The van der Waals surface area contributed by atoms with Gasteiger partial charge in [0, 0.05) is 19.3 Å². The first kappa shape index (κ1) is 16.6. The van der Waals surface area contributed by atoms with Crippen LogP contribution in [-0.2, 0) is 0 Å². The van der Waals surface area contributed by atoms with E-state index < -0.39 is 12.1 Å². The molecule has 0 bridgehead atoms. The lowest BCUT2D eigenvalue weighted by Crippen LogP contribution is -2.50. The number of hydrogen-bond donors (Lipinski definition) is 2. The Bertz CT molecular complexity index is 753. The monoisotopic (exact) mass is 341 g/mol. The fraction of sp³-hybridized carbons (Fsp3) is 0.235. The van der Waals surface area contributed by atoms with Gasteiger partial charge < -0.3 is 15.4 Å². The zero-order chi connectivity index (χ0) is 17.8. The van der Waals surface area contributed by atoms with E-state index in [1.54, 1.807) is 4.90 Å². The normalized spacial score (nSPS) is 19.8. The van der Waals surface area contributed by atoms with Crippen LogP contribution >= 0.6 is 0 Å². The average Bonchev–Trinajstić information content (AvgIpc) is 2.87. The van der Waals surface area contributed by atoms with Crippen LogP contribution in [0, 0.1) is 0 Å². The summed E-state index contributed by atoms with van der Waals surface area (Å²) in [5.74, 6) is 0.867. The van der Waals surface area contributed by atoms with E-state index >= 15 is 0 Å². The quantitative estimate of drug-likeness (QED) is 0.869. The molecule has 8 heteroatoms. The molecule has 4 amide bonds. The van der Waals surface area contributed by atoms with Crippen LogP contribution in [0.3, 0.4) is 0 Å². The third-order valence-electron chi connectivity index (χ3n) is 3.81. The van der Waals surface area contributed by atoms with Crippen LogP contribution in [0.25, 0.3) is 0 Å². The predicted octanol–water partition coefficient (Wildman–Crippen LogP) is 1.63. The fourth-order valence-electron chi connectivity index (χ4n) is 2.39. The van der Waals surface area contributed by atoms with Gasteiger partial charge in [-0.15, -0.1) is 0 Å². The molecule has 0 aromatic heterocycles. The summed E-state index contributed by atoms with van der Waals surface area (Å²) < 4.78 is 5.55. The minimum Gasteiger partial charge on any atom is -0.487 e. The van der Waals surface area contributed by atoms with Crippen molar-refractivity contribution in [3.8, 4) is 5.75 Å². The zero-order valence-electron chi connectivity index (χ0n) is 13.6. The summed E-state index contributed by atoms with van der Waals surface area (Å²) in [6.07, 6.45) is 2.11. The van der Waals surface area contributed by atoms with E-state index in [1.807, 2.05) is 30.3 Å². The molecule has 3 rings (SSSR count). The van der Waals surface area contributed by atoms with Crippen molar-refractivity contribution >= 4 is 17.9 Å². The summed E-state index contributed by atoms with van der Waals surface area (Å²) in [6.45, 7) is 5.21. The molecule has 2 heterocycles. The van der Waals surface area contributed by atoms with E-state index in [4.69, 9.17) is 10.5 Å². The molecule has 3 N–H and O–H groups in total. The molecule has 2 saturated heterocycles. The van der Waals surface area contributed by atoms with Crippen LogP contribution in [0.15, 0.2) is 59.5 Å². The number of carbonyl (C=O) groups excluding carboxylic acids is 2. The van der Waals surface area contributed by atoms with Gasteiger partial charge >= 0.3 is 12.1 Å². The molecule has 8 nitrogen and oxygen atoms in total. The average molecular weight is 341 g/mol. The van der Waals surface area contributed by atoms with Crippen molar-refractivity contribution in [1.29, 1.82) is 0 Å². The third kappa shape index (κ3) is 3.47. The molecule has 1 aromatic rings. The number of rotatable bonds is 4. The Morgan fingerprint density at radius 3 is 2.68 bits per heavy atom. The molecule has 0 aliphatic carbocycles. The molecule has 0 radical (unpaired) electrons. The van der Waals surface area contributed by atoms with Gasteiger partial charge in [-0.2, -0.15) is 0 Å². The standard InChI is InChI=1S/C17H19N5O3/c1-12(11-25-13-6-3-2-4-7-13)19-15-14(10-18)22(16(23)20-15)17(24)21-8-5-9-21/h2-4,6-7,10H,1,5,8-9,11,18H2,(H,19,20,23)/b14-10+. The van der Waals surface area contributed by atoms with Crippen molar-refractivity contribution in [1.82, 2.24) is 15.1 Å². The first-order valence-corrected chi connectivity index (χ1v) is 7.86. The number of nitrogens with one attached hydrogen (secondary N) is 1. The fourth-order valence-corrected chi connectivity index (χ4v) is 2.39. The second-order valence-corrected chi connectivity index (χ2v) is 5.57. The van der Waals surface area contributed by atoms with E-state index in [0.717, 1.165) is 11.3 Å². The predicted molar refractivity (Wildman–Crippen MR) is 92.7 cm³/mol. The van der Waals surface area contributed by atoms with Crippen LogP contribution in [0.5, 0.6) is 5.75 Å². The first-order valence-electron chi connectivity index (χ1n) is 7.86. The Kier molecular flexibility index (Phi) is 4.69. The number of likely N-dealkylation sites (tertiary alicyclic amines) is 1. The molecular formula is C17H19N5O3. The third-order valence-corrected chi connectivity index (χ3v) is 3.81. The molecule has 0 saturated carbocycles. The number of aliphatic imine (C=N–C) groups is 1. The van der Waals surface area contributed by atoms with E-state index in [1.165, 1.54) is 6.20 Å². The highest BCUT2D eigenvalue weighted by Crippen LogP contribution is 2.20. The van der Waals surface area contributed by atoms with Gasteiger partial charge in [-0.1, -0.05) is 24.8 Å². The Hall–Kier alpha value is -3.29. The maximum atomic E-state index is 12.3. The first-order chi connectivity index (χ1) is 12.1. The summed E-state index contributed by atoms with van der Waals surface area (Å²) >= 11 is 0. The van der Waals surface area contributed by atoms with E-state index in [0.29, 0.717) is 24.5 Å². The number of nitrogens with zero attached hydrogens (tertiary/aromatic N) is 3. The number of carbonyl (C=O) groups is 2. The van der Waals surface area contributed by atoms with Crippen LogP contribution < -0.4 is 15.8 Å². The number of para-hydroxylation sites is 1. The molecule has 25 heavy (non-hydrogen) atoms. The summed E-state index contributed by atoms with van der Waals surface area (Å²) in [7, 11) is 0. The molecule has 1 aromatic carbocycles. The highest BCUT2D eigenvalue weighted by Gasteiger charge is 2.39. The minimum absolute atomic E-state index is 0.140. The van der Waals surface area contributed by atoms with Gasteiger partial charge in [0.05, 0.1) is 5.70 Å². The van der Waals surface area contributed by atoms with Crippen molar-refractivity contribution in [3.63, 3.8) is 0 Å². The minimum atomic E-state index is -0.580. The second-order valence-electron chi connectivity index (χ2n) is 5.57. The number of benzene rings is 1. The van der Waals surface area contributed by atoms with Crippen molar-refractivity contribution in [2.45, 2.75) is 6.42 Å². The molecule has 0 atom stereocenters. The van der Waals surface area contributed by atoms with E-state index in [9.17, 15) is 9.59 Å². The van der Waals surface area contributed by atoms with Gasteiger partial charge in [0.1, 0.15) is 18.1 Å². The number of ether oxygens (including phenoxy) is 1. The number of urea groups is 2. The number of amides is 4. The van der Waals surface area contributed by atoms with Gasteiger partial charge in [-0.05, 0) is 18.6 Å². The summed E-state index contributed by atoms with van der Waals surface area (Å²) in [6, 6.07) is 8.25. The Labute approximate surface area is 145 Å². The Balaban J connectivity index is 1.68. The maximum Gasteiger partial charge on any atom is 0.336 e. The molecule has 0 unspecified atom stereocenters. The molecule has 2 aliphatic heterocycles. The zero-order valence-corrected chi connectivity index (χ0v) is 13.6. The van der Waals surface area contributed by atoms with E-state index in [2.05, 4.69) is 16.9 Å². The number of imide groups is 1. The summed E-state index contributed by atoms with van der Waals surface area (Å²) in [4.78, 5) is 31.3. The smallest absolute Gasteiger partial charge is 0.336 e. The van der Waals surface area contributed by atoms with E-state index in [-0.39, 0.29) is 18.1 Å². The summed E-state index contributed by atoms with van der Waals surface area (Å²) in [5.41, 5.74) is 6.20. The van der Waals surface area contributed by atoms with Crippen molar-refractivity contribution in [2.75, 3.05) is 19.7 Å².